The van der Waals surface area contributed by atoms with Crippen molar-refractivity contribution < 1.29 is 5.11 Å². The third-order valence-corrected chi connectivity index (χ3v) is 4.06. The molecule has 0 saturated heterocycles. The number of nitrogens with one attached hydrogen (secondary N) is 1. The van der Waals surface area contributed by atoms with Gasteiger partial charge in [-0.3, -0.25) is 15.1 Å². The zero-order valence-electron chi connectivity index (χ0n) is 13.2. The Kier molecular flexibility index (Phi) is 3.55. The van der Waals surface area contributed by atoms with Crippen LogP contribution < -0.4 is 0 Å². The van der Waals surface area contributed by atoms with Gasteiger partial charge in [0.15, 0.2) is 0 Å². The van der Waals surface area contributed by atoms with Gasteiger partial charge in [0.25, 0.3) is 0 Å². The van der Waals surface area contributed by atoms with E-state index in [9.17, 15) is 5.11 Å². The largest absolute Gasteiger partial charge is 0.392 e. The minimum Gasteiger partial charge on any atom is -0.392 e. The number of nitrogens with zero attached hydrogens (tertiary/aromatic N) is 3. The van der Waals surface area contributed by atoms with E-state index in [1.54, 1.807) is 12.4 Å². The van der Waals surface area contributed by atoms with E-state index in [0.717, 1.165) is 44.7 Å². The van der Waals surface area contributed by atoms with E-state index in [2.05, 4.69) is 20.2 Å². The lowest BCUT2D eigenvalue weighted by Gasteiger charge is -2.08. The molecule has 0 spiro atoms. The average molecular weight is 316 g/mol. The molecule has 4 rings (SSSR count). The van der Waals surface area contributed by atoms with Crippen LogP contribution in [0.4, 0.5) is 0 Å². The van der Waals surface area contributed by atoms with E-state index >= 15 is 0 Å². The van der Waals surface area contributed by atoms with E-state index in [1.165, 1.54) is 0 Å². The van der Waals surface area contributed by atoms with Crippen molar-refractivity contribution >= 4 is 10.9 Å². The Hall–Kier alpha value is -3.05. The molecule has 0 aliphatic carbocycles. The topological polar surface area (TPSA) is 74.7 Å². The highest BCUT2D eigenvalue weighted by Crippen LogP contribution is 2.33. The minimum absolute atomic E-state index is 0.00194. The Balaban J connectivity index is 1.95. The second-order valence-electron chi connectivity index (χ2n) is 5.69. The Morgan fingerprint density at radius 1 is 1.08 bits per heavy atom. The Morgan fingerprint density at radius 2 is 2.00 bits per heavy atom. The van der Waals surface area contributed by atoms with E-state index in [1.807, 2.05) is 49.4 Å². The molecule has 24 heavy (non-hydrogen) atoms. The molecule has 2 N–H and O–H groups in total. The number of H-pyrrole nitrogens is 1. The summed E-state index contributed by atoms with van der Waals surface area (Å²) >= 11 is 0. The van der Waals surface area contributed by atoms with Crippen LogP contribution in [-0.4, -0.2) is 25.3 Å². The summed E-state index contributed by atoms with van der Waals surface area (Å²) in [4.78, 5) is 9.00. The SMILES string of the molecule is Cc1cccc(-c2[nH]ncc2-c2ccnc3ccc(CO)cc23)n1. The molecule has 5 heteroatoms. The Bertz CT molecular complexity index is 1020. The number of fused-ring (bicyclic) bond motifs is 1. The summed E-state index contributed by atoms with van der Waals surface area (Å²) in [6, 6.07) is 13.7. The molecule has 0 radical (unpaired) electrons. The molecule has 3 heterocycles. The van der Waals surface area contributed by atoms with Crippen LogP contribution in [-0.2, 0) is 6.61 Å². The Morgan fingerprint density at radius 3 is 2.83 bits per heavy atom. The molecule has 0 saturated carbocycles. The van der Waals surface area contributed by atoms with Gasteiger partial charge in [-0.2, -0.15) is 5.10 Å². The zero-order valence-corrected chi connectivity index (χ0v) is 13.2. The summed E-state index contributed by atoms with van der Waals surface area (Å²) in [5, 5.41) is 17.7. The van der Waals surface area contributed by atoms with E-state index < -0.39 is 0 Å². The number of aliphatic hydroxyl groups is 1. The molecule has 0 aliphatic rings. The molecule has 0 amide bonds. The predicted molar refractivity (Wildman–Crippen MR) is 93.2 cm³/mol. The first kappa shape index (κ1) is 14.5. The van der Waals surface area contributed by atoms with Gasteiger partial charge in [0.05, 0.1) is 29.7 Å². The number of aromatic nitrogens is 4. The summed E-state index contributed by atoms with van der Waals surface area (Å²) < 4.78 is 0. The predicted octanol–water partition coefficient (Wildman–Crippen LogP) is 3.49. The van der Waals surface area contributed by atoms with Crippen LogP contribution in [0.5, 0.6) is 0 Å². The first-order valence-electron chi connectivity index (χ1n) is 7.72. The molecule has 0 atom stereocenters. The lowest BCUT2D eigenvalue weighted by Crippen LogP contribution is -1.91. The number of aromatic amines is 1. The van der Waals surface area contributed by atoms with Crippen LogP contribution in [0.3, 0.4) is 0 Å². The summed E-state index contributed by atoms with van der Waals surface area (Å²) in [6.07, 6.45) is 3.59. The van der Waals surface area contributed by atoms with Gasteiger partial charge >= 0.3 is 0 Å². The van der Waals surface area contributed by atoms with Crippen molar-refractivity contribution in [3.63, 3.8) is 0 Å². The van der Waals surface area contributed by atoms with Gasteiger partial charge < -0.3 is 5.11 Å². The first-order valence-corrected chi connectivity index (χ1v) is 7.72. The van der Waals surface area contributed by atoms with Gasteiger partial charge in [-0.25, -0.2) is 0 Å². The van der Waals surface area contributed by atoms with Gasteiger partial charge in [-0.05, 0) is 48.4 Å². The quantitative estimate of drug-likeness (QED) is 0.607. The van der Waals surface area contributed by atoms with Crippen molar-refractivity contribution in [3.8, 4) is 22.5 Å². The molecular formula is C19H16N4O. The summed E-state index contributed by atoms with van der Waals surface area (Å²) in [5.74, 6) is 0. The standard InChI is InChI=1S/C19H16N4O/c1-12-3-2-4-18(22-12)19-16(10-21-23-19)14-7-8-20-17-6-5-13(11-24)9-15(14)17/h2-10,24H,11H2,1H3,(H,21,23). The van der Waals surface area contributed by atoms with Crippen molar-refractivity contribution in [2.45, 2.75) is 13.5 Å². The number of aliphatic hydroxyl groups excluding tert-OH is 1. The summed E-state index contributed by atoms with van der Waals surface area (Å²) in [5.41, 5.74) is 6.41. The van der Waals surface area contributed by atoms with Crippen LogP contribution in [0.15, 0.2) is 54.9 Å². The maximum atomic E-state index is 9.43. The number of aryl methyl sites for hydroxylation is 1. The molecular weight excluding hydrogens is 300 g/mol. The van der Waals surface area contributed by atoms with Gasteiger partial charge in [0.2, 0.25) is 0 Å². The molecule has 0 fully saturated rings. The molecule has 4 aromatic rings. The number of hydrogen-bond acceptors (Lipinski definition) is 4. The van der Waals surface area contributed by atoms with Crippen LogP contribution in [0.2, 0.25) is 0 Å². The fraction of sp³-hybridized carbons (Fsp3) is 0.105. The molecule has 118 valence electrons. The number of pyridine rings is 2. The highest BCUT2D eigenvalue weighted by molar-refractivity contribution is 5.97. The average Bonchev–Trinajstić information content (AvgIpc) is 3.10. The lowest BCUT2D eigenvalue weighted by atomic mass is 9.99. The van der Waals surface area contributed by atoms with Crippen molar-refractivity contribution in [2.75, 3.05) is 0 Å². The number of rotatable bonds is 3. The third kappa shape index (κ3) is 2.45. The number of hydrogen-bond donors (Lipinski definition) is 2. The monoisotopic (exact) mass is 316 g/mol. The van der Waals surface area contributed by atoms with Gasteiger partial charge in [-0.1, -0.05) is 12.1 Å². The molecule has 0 bridgehead atoms. The minimum atomic E-state index is 0.00194. The lowest BCUT2D eigenvalue weighted by molar-refractivity contribution is 0.282. The molecule has 3 aromatic heterocycles. The van der Waals surface area contributed by atoms with Crippen molar-refractivity contribution in [2.24, 2.45) is 0 Å². The van der Waals surface area contributed by atoms with Crippen molar-refractivity contribution in [1.29, 1.82) is 0 Å². The molecule has 5 nitrogen and oxygen atoms in total. The number of benzene rings is 1. The van der Waals surface area contributed by atoms with Gasteiger partial charge in [0.1, 0.15) is 0 Å². The second-order valence-corrected chi connectivity index (χ2v) is 5.69. The Labute approximate surface area is 139 Å². The highest BCUT2D eigenvalue weighted by atomic mass is 16.3. The molecule has 1 aromatic carbocycles. The zero-order chi connectivity index (χ0) is 16.5. The van der Waals surface area contributed by atoms with Gasteiger partial charge in [0, 0.05) is 22.8 Å². The maximum Gasteiger partial charge on any atom is 0.0913 e. The van der Waals surface area contributed by atoms with Crippen LogP contribution in [0, 0.1) is 6.92 Å². The fourth-order valence-corrected chi connectivity index (χ4v) is 2.89. The van der Waals surface area contributed by atoms with Crippen molar-refractivity contribution in [3.05, 3.63) is 66.1 Å². The van der Waals surface area contributed by atoms with E-state index in [0.29, 0.717) is 0 Å². The molecule has 0 unspecified atom stereocenters. The van der Waals surface area contributed by atoms with Crippen LogP contribution in [0.1, 0.15) is 11.3 Å². The normalized spacial score (nSPS) is 11.1. The fourth-order valence-electron chi connectivity index (χ4n) is 2.89. The van der Waals surface area contributed by atoms with Crippen molar-refractivity contribution in [1.82, 2.24) is 20.2 Å². The maximum absolute atomic E-state index is 9.43. The summed E-state index contributed by atoms with van der Waals surface area (Å²) in [7, 11) is 0. The third-order valence-electron chi connectivity index (χ3n) is 4.06. The van der Waals surface area contributed by atoms with Crippen LogP contribution in [0.25, 0.3) is 33.4 Å². The highest BCUT2D eigenvalue weighted by Gasteiger charge is 2.14. The smallest absolute Gasteiger partial charge is 0.0913 e. The summed E-state index contributed by atoms with van der Waals surface area (Å²) in [6.45, 7) is 1.97. The van der Waals surface area contributed by atoms with Crippen LogP contribution >= 0.6 is 0 Å². The van der Waals surface area contributed by atoms with E-state index in [4.69, 9.17) is 0 Å². The second kappa shape index (κ2) is 5.86. The van der Waals surface area contributed by atoms with Gasteiger partial charge in [-0.15, -0.1) is 0 Å². The molecule has 0 aliphatic heterocycles. The van der Waals surface area contributed by atoms with E-state index in [-0.39, 0.29) is 6.61 Å². The first-order chi connectivity index (χ1) is 11.8.